The van der Waals surface area contributed by atoms with Crippen molar-refractivity contribution in [1.29, 1.82) is 0 Å². The molecule has 0 aromatic carbocycles. The molecule has 0 saturated heterocycles. The van der Waals surface area contributed by atoms with Crippen LogP contribution in [0.15, 0.2) is 6.20 Å². The van der Waals surface area contributed by atoms with Crippen molar-refractivity contribution < 1.29 is 9.53 Å². The number of fused-ring (bicyclic) bond motifs is 1. The molecule has 5 nitrogen and oxygen atoms in total. The second kappa shape index (κ2) is 6.54. The lowest BCUT2D eigenvalue weighted by atomic mass is 9.98. The monoisotopic (exact) mass is 251 g/mol. The van der Waals surface area contributed by atoms with Crippen LogP contribution in [0.5, 0.6) is 0 Å². The third-order valence-corrected chi connectivity index (χ3v) is 3.23. The quantitative estimate of drug-likeness (QED) is 0.817. The standard InChI is InChI=1S/C13H21N3O2/c1-2-18-10-13(17)14-7-8-16-12-6-4-3-5-11(12)9-15-16/h9H,2-8,10H2,1H3,(H,14,17). The highest BCUT2D eigenvalue weighted by Gasteiger charge is 2.14. The number of rotatable bonds is 6. The van der Waals surface area contributed by atoms with Crippen LogP contribution in [-0.2, 0) is 28.9 Å². The average Bonchev–Trinajstić information content (AvgIpc) is 2.80. The molecule has 1 aliphatic rings. The highest BCUT2D eigenvalue weighted by Crippen LogP contribution is 2.20. The third kappa shape index (κ3) is 3.32. The summed E-state index contributed by atoms with van der Waals surface area (Å²) in [4.78, 5) is 11.4. The third-order valence-electron chi connectivity index (χ3n) is 3.23. The molecule has 1 aliphatic carbocycles. The lowest BCUT2D eigenvalue weighted by molar-refractivity contribution is -0.125. The molecule has 0 atom stereocenters. The van der Waals surface area contributed by atoms with E-state index >= 15 is 0 Å². The van der Waals surface area contributed by atoms with Gasteiger partial charge in [0.25, 0.3) is 0 Å². The number of carbonyl (C=O) groups excluding carboxylic acids is 1. The van der Waals surface area contributed by atoms with Crippen LogP contribution in [0.3, 0.4) is 0 Å². The summed E-state index contributed by atoms with van der Waals surface area (Å²) < 4.78 is 7.06. The maximum absolute atomic E-state index is 11.4. The molecule has 1 aromatic rings. The van der Waals surface area contributed by atoms with E-state index < -0.39 is 0 Å². The van der Waals surface area contributed by atoms with Crippen LogP contribution in [0, 0.1) is 0 Å². The molecule has 1 aromatic heterocycles. The second-order valence-electron chi connectivity index (χ2n) is 4.53. The topological polar surface area (TPSA) is 56.1 Å². The van der Waals surface area contributed by atoms with Crippen molar-refractivity contribution in [3.63, 3.8) is 0 Å². The lowest BCUT2D eigenvalue weighted by Crippen LogP contribution is -2.31. The Morgan fingerprint density at radius 3 is 3.17 bits per heavy atom. The SMILES string of the molecule is CCOCC(=O)NCCn1ncc2c1CCCC2. The zero-order valence-corrected chi connectivity index (χ0v) is 10.9. The van der Waals surface area contributed by atoms with Gasteiger partial charge in [0.05, 0.1) is 12.7 Å². The molecule has 0 saturated carbocycles. The first-order valence-electron chi connectivity index (χ1n) is 6.69. The van der Waals surface area contributed by atoms with Gasteiger partial charge in [0.2, 0.25) is 5.91 Å². The van der Waals surface area contributed by atoms with E-state index in [1.807, 2.05) is 17.8 Å². The van der Waals surface area contributed by atoms with Crippen molar-refractivity contribution in [2.45, 2.75) is 39.2 Å². The molecule has 1 heterocycles. The van der Waals surface area contributed by atoms with Gasteiger partial charge in [-0.1, -0.05) is 0 Å². The fourth-order valence-corrected chi connectivity index (χ4v) is 2.30. The van der Waals surface area contributed by atoms with Gasteiger partial charge >= 0.3 is 0 Å². The predicted molar refractivity (Wildman–Crippen MR) is 68.4 cm³/mol. The van der Waals surface area contributed by atoms with E-state index in [9.17, 15) is 4.79 Å². The lowest BCUT2D eigenvalue weighted by Gasteiger charge is -2.14. The molecule has 0 bridgehead atoms. The summed E-state index contributed by atoms with van der Waals surface area (Å²) in [5.41, 5.74) is 2.72. The summed E-state index contributed by atoms with van der Waals surface area (Å²) >= 11 is 0. The Labute approximate surface area is 108 Å². The minimum Gasteiger partial charge on any atom is -0.372 e. The zero-order valence-electron chi connectivity index (χ0n) is 10.9. The van der Waals surface area contributed by atoms with Gasteiger partial charge < -0.3 is 10.1 Å². The van der Waals surface area contributed by atoms with Crippen LogP contribution in [-0.4, -0.2) is 35.4 Å². The number of hydrogen-bond acceptors (Lipinski definition) is 3. The van der Waals surface area contributed by atoms with E-state index in [1.54, 1.807) is 0 Å². The van der Waals surface area contributed by atoms with E-state index in [-0.39, 0.29) is 12.5 Å². The molecule has 0 spiro atoms. The number of carbonyl (C=O) groups is 1. The number of aromatic nitrogens is 2. The molecular formula is C13H21N3O2. The fourth-order valence-electron chi connectivity index (χ4n) is 2.30. The summed E-state index contributed by atoms with van der Waals surface area (Å²) in [7, 11) is 0. The minimum absolute atomic E-state index is 0.0575. The maximum Gasteiger partial charge on any atom is 0.246 e. The van der Waals surface area contributed by atoms with Crippen LogP contribution in [0.2, 0.25) is 0 Å². The zero-order chi connectivity index (χ0) is 12.8. The van der Waals surface area contributed by atoms with E-state index in [4.69, 9.17) is 4.74 Å². The first kappa shape index (κ1) is 13.1. The van der Waals surface area contributed by atoms with Crippen LogP contribution < -0.4 is 5.32 Å². The van der Waals surface area contributed by atoms with Gasteiger partial charge in [0.15, 0.2) is 0 Å². The highest BCUT2D eigenvalue weighted by atomic mass is 16.5. The van der Waals surface area contributed by atoms with E-state index in [0.717, 1.165) is 19.4 Å². The Bertz CT molecular complexity index is 401. The Morgan fingerprint density at radius 2 is 2.33 bits per heavy atom. The number of hydrogen-bond donors (Lipinski definition) is 1. The van der Waals surface area contributed by atoms with Gasteiger partial charge in [0, 0.05) is 18.8 Å². The number of nitrogens with zero attached hydrogens (tertiary/aromatic N) is 2. The predicted octanol–water partition coefficient (Wildman–Crippen LogP) is 0.915. The van der Waals surface area contributed by atoms with Crippen molar-refractivity contribution in [1.82, 2.24) is 15.1 Å². The highest BCUT2D eigenvalue weighted by molar-refractivity contribution is 5.77. The van der Waals surface area contributed by atoms with E-state index in [0.29, 0.717) is 13.2 Å². The summed E-state index contributed by atoms with van der Waals surface area (Å²) in [5.74, 6) is -0.0575. The molecule has 2 rings (SSSR count). The van der Waals surface area contributed by atoms with Crippen molar-refractivity contribution in [3.05, 3.63) is 17.5 Å². The van der Waals surface area contributed by atoms with Crippen molar-refractivity contribution >= 4 is 5.91 Å². The Hall–Kier alpha value is -1.36. The Kier molecular flexibility index (Phi) is 4.75. The largest absolute Gasteiger partial charge is 0.372 e. The fraction of sp³-hybridized carbons (Fsp3) is 0.692. The maximum atomic E-state index is 11.4. The van der Waals surface area contributed by atoms with Gasteiger partial charge in [-0.2, -0.15) is 5.10 Å². The van der Waals surface area contributed by atoms with Gasteiger partial charge in [0.1, 0.15) is 6.61 Å². The molecule has 1 amide bonds. The summed E-state index contributed by atoms with van der Waals surface area (Å²) in [5, 5.41) is 7.23. The summed E-state index contributed by atoms with van der Waals surface area (Å²) in [6.45, 7) is 3.95. The smallest absolute Gasteiger partial charge is 0.246 e. The van der Waals surface area contributed by atoms with Crippen molar-refractivity contribution in [2.75, 3.05) is 19.8 Å². The van der Waals surface area contributed by atoms with Crippen LogP contribution in [0.4, 0.5) is 0 Å². The molecular weight excluding hydrogens is 230 g/mol. The molecule has 100 valence electrons. The molecule has 0 fully saturated rings. The van der Waals surface area contributed by atoms with Crippen molar-refractivity contribution in [2.24, 2.45) is 0 Å². The molecule has 1 N–H and O–H groups in total. The van der Waals surface area contributed by atoms with E-state index in [2.05, 4.69) is 10.4 Å². The number of amides is 1. The number of nitrogens with one attached hydrogen (secondary N) is 1. The molecule has 0 radical (unpaired) electrons. The normalized spacial score (nSPS) is 14.3. The van der Waals surface area contributed by atoms with Gasteiger partial charge in [-0.05, 0) is 38.2 Å². The molecule has 18 heavy (non-hydrogen) atoms. The number of ether oxygens (including phenoxy) is 1. The first-order valence-corrected chi connectivity index (χ1v) is 6.69. The summed E-state index contributed by atoms with van der Waals surface area (Å²) in [6.07, 6.45) is 6.74. The number of aryl methyl sites for hydroxylation is 1. The Balaban J connectivity index is 1.77. The summed E-state index contributed by atoms with van der Waals surface area (Å²) in [6, 6.07) is 0. The van der Waals surface area contributed by atoms with Gasteiger partial charge in [-0.15, -0.1) is 0 Å². The minimum atomic E-state index is -0.0575. The Morgan fingerprint density at radius 1 is 1.50 bits per heavy atom. The molecule has 5 heteroatoms. The van der Waals surface area contributed by atoms with Crippen molar-refractivity contribution in [3.8, 4) is 0 Å². The van der Waals surface area contributed by atoms with Gasteiger partial charge in [-0.25, -0.2) is 0 Å². The van der Waals surface area contributed by atoms with Crippen LogP contribution in [0.25, 0.3) is 0 Å². The molecule has 0 aliphatic heterocycles. The average molecular weight is 251 g/mol. The van der Waals surface area contributed by atoms with Crippen LogP contribution in [0.1, 0.15) is 31.0 Å². The first-order chi connectivity index (χ1) is 8.81. The van der Waals surface area contributed by atoms with Crippen LogP contribution >= 0.6 is 0 Å². The van der Waals surface area contributed by atoms with Gasteiger partial charge in [-0.3, -0.25) is 9.48 Å². The second-order valence-corrected chi connectivity index (χ2v) is 4.53. The van der Waals surface area contributed by atoms with E-state index in [1.165, 1.54) is 24.1 Å². The molecule has 0 unspecified atom stereocenters.